The Bertz CT molecular complexity index is 809. The fourth-order valence-electron chi connectivity index (χ4n) is 2.42. The van der Waals surface area contributed by atoms with Crippen LogP contribution in [-0.4, -0.2) is 23.7 Å². The summed E-state index contributed by atoms with van der Waals surface area (Å²) in [6, 6.07) is 11.0. The summed E-state index contributed by atoms with van der Waals surface area (Å²) >= 11 is 0. The van der Waals surface area contributed by atoms with Gasteiger partial charge in [-0.1, -0.05) is 12.1 Å². The van der Waals surface area contributed by atoms with E-state index in [0.29, 0.717) is 23.7 Å². The second-order valence-electron chi connectivity index (χ2n) is 5.58. The molecule has 1 atom stereocenters. The molecule has 130 valence electrons. The molecular weight excluding hydrogens is 326 g/mol. The van der Waals surface area contributed by atoms with Gasteiger partial charge in [-0.05, 0) is 30.7 Å². The van der Waals surface area contributed by atoms with E-state index in [1.807, 2.05) is 12.1 Å². The van der Waals surface area contributed by atoms with Crippen molar-refractivity contribution in [2.75, 3.05) is 12.1 Å². The van der Waals surface area contributed by atoms with Crippen LogP contribution in [0.15, 0.2) is 42.5 Å². The van der Waals surface area contributed by atoms with Crippen LogP contribution in [0.4, 0.5) is 11.4 Å². The van der Waals surface area contributed by atoms with E-state index < -0.39 is 11.0 Å². The van der Waals surface area contributed by atoms with Gasteiger partial charge in [0.15, 0.2) is 11.5 Å². The Kier molecular flexibility index (Phi) is 4.69. The first kappa shape index (κ1) is 16.6. The average Bonchev–Trinajstić information content (AvgIpc) is 3.07. The van der Waals surface area contributed by atoms with Crippen molar-refractivity contribution in [3.05, 3.63) is 58.1 Å². The Morgan fingerprint density at radius 3 is 2.84 bits per heavy atom. The number of nitro groups is 1. The lowest BCUT2D eigenvalue weighted by molar-refractivity contribution is -0.384. The molecule has 1 aliphatic heterocycles. The normalized spacial score (nSPS) is 13.2. The molecule has 0 bridgehead atoms. The maximum Gasteiger partial charge on any atom is 0.271 e. The molecule has 1 amide bonds. The van der Waals surface area contributed by atoms with Crippen LogP contribution >= 0.6 is 0 Å². The number of nitrogens with one attached hydrogen (secondary N) is 2. The number of anilines is 1. The Labute approximate surface area is 143 Å². The molecule has 0 saturated carbocycles. The van der Waals surface area contributed by atoms with E-state index in [9.17, 15) is 14.9 Å². The van der Waals surface area contributed by atoms with E-state index in [1.54, 1.807) is 25.1 Å². The largest absolute Gasteiger partial charge is 0.454 e. The Hall–Kier alpha value is -3.29. The molecule has 8 heteroatoms. The molecule has 25 heavy (non-hydrogen) atoms. The number of nitrogens with zero attached hydrogens (tertiary/aromatic N) is 1. The van der Waals surface area contributed by atoms with Crippen LogP contribution < -0.4 is 20.1 Å². The van der Waals surface area contributed by atoms with Crippen molar-refractivity contribution < 1.29 is 19.2 Å². The van der Waals surface area contributed by atoms with Crippen LogP contribution in [0.2, 0.25) is 0 Å². The van der Waals surface area contributed by atoms with Crippen LogP contribution in [-0.2, 0) is 11.3 Å². The van der Waals surface area contributed by atoms with Gasteiger partial charge in [-0.15, -0.1) is 0 Å². The van der Waals surface area contributed by atoms with Crippen molar-refractivity contribution >= 4 is 17.3 Å². The molecule has 0 spiro atoms. The molecule has 1 heterocycles. The van der Waals surface area contributed by atoms with E-state index in [4.69, 9.17) is 9.47 Å². The first-order chi connectivity index (χ1) is 12.0. The minimum absolute atomic E-state index is 0.0297. The van der Waals surface area contributed by atoms with Gasteiger partial charge in [0.2, 0.25) is 12.7 Å². The number of carbonyl (C=O) groups is 1. The van der Waals surface area contributed by atoms with Gasteiger partial charge in [-0.3, -0.25) is 14.9 Å². The molecule has 0 aliphatic carbocycles. The number of rotatable bonds is 6. The molecule has 2 aromatic rings. The molecule has 0 radical (unpaired) electrons. The quantitative estimate of drug-likeness (QED) is 0.617. The summed E-state index contributed by atoms with van der Waals surface area (Å²) in [7, 11) is 0. The number of amides is 1. The molecule has 2 N–H and O–H groups in total. The summed E-state index contributed by atoms with van der Waals surface area (Å²) < 4.78 is 10.5. The zero-order valence-electron chi connectivity index (χ0n) is 13.5. The van der Waals surface area contributed by atoms with Crippen molar-refractivity contribution in [1.82, 2.24) is 5.32 Å². The molecule has 8 nitrogen and oxygen atoms in total. The molecule has 0 aromatic heterocycles. The molecule has 0 fully saturated rings. The highest BCUT2D eigenvalue weighted by atomic mass is 16.7. The molecule has 0 unspecified atom stereocenters. The zero-order valence-corrected chi connectivity index (χ0v) is 13.5. The summed E-state index contributed by atoms with van der Waals surface area (Å²) in [6.07, 6.45) is 0. The Morgan fingerprint density at radius 2 is 2.04 bits per heavy atom. The number of benzene rings is 2. The fraction of sp³-hybridized carbons (Fsp3) is 0.235. The van der Waals surface area contributed by atoms with Crippen molar-refractivity contribution in [1.29, 1.82) is 0 Å². The fourth-order valence-corrected chi connectivity index (χ4v) is 2.42. The topological polar surface area (TPSA) is 103 Å². The number of hydrogen-bond donors (Lipinski definition) is 2. The average molecular weight is 343 g/mol. The standard InChI is InChI=1S/C17H17N3O5/c1-11(19-13-3-2-4-14(8-13)20(22)23)17(21)18-9-12-5-6-15-16(7-12)25-10-24-15/h2-8,11,19H,9-10H2,1H3,(H,18,21)/t11-/m0/s1. The van der Waals surface area contributed by atoms with Crippen LogP contribution in [0.3, 0.4) is 0 Å². The van der Waals surface area contributed by atoms with Gasteiger partial charge < -0.3 is 20.1 Å². The third-order valence-electron chi connectivity index (χ3n) is 3.74. The van der Waals surface area contributed by atoms with Crippen LogP contribution in [0.5, 0.6) is 11.5 Å². The molecule has 3 rings (SSSR count). The third-order valence-corrected chi connectivity index (χ3v) is 3.74. The van der Waals surface area contributed by atoms with Gasteiger partial charge in [0.1, 0.15) is 6.04 Å². The van der Waals surface area contributed by atoms with Crippen molar-refractivity contribution in [3.8, 4) is 11.5 Å². The molecule has 1 aliphatic rings. The first-order valence-electron chi connectivity index (χ1n) is 7.70. The number of carbonyl (C=O) groups excluding carboxylic acids is 1. The minimum atomic E-state index is -0.545. The van der Waals surface area contributed by atoms with Gasteiger partial charge in [-0.2, -0.15) is 0 Å². The maximum absolute atomic E-state index is 12.2. The molecule has 0 saturated heterocycles. The van der Waals surface area contributed by atoms with E-state index in [0.717, 1.165) is 5.56 Å². The van der Waals surface area contributed by atoms with Crippen molar-refractivity contribution in [3.63, 3.8) is 0 Å². The van der Waals surface area contributed by atoms with E-state index >= 15 is 0 Å². The van der Waals surface area contributed by atoms with Crippen LogP contribution in [0.1, 0.15) is 12.5 Å². The van der Waals surface area contributed by atoms with Gasteiger partial charge in [-0.25, -0.2) is 0 Å². The summed E-state index contributed by atoms with van der Waals surface area (Å²) in [5, 5.41) is 16.6. The van der Waals surface area contributed by atoms with Crippen LogP contribution in [0, 0.1) is 10.1 Å². The number of hydrogen-bond acceptors (Lipinski definition) is 6. The van der Waals surface area contributed by atoms with Gasteiger partial charge in [0.05, 0.1) is 4.92 Å². The highest BCUT2D eigenvalue weighted by molar-refractivity contribution is 5.84. The monoisotopic (exact) mass is 343 g/mol. The van der Waals surface area contributed by atoms with Crippen LogP contribution in [0.25, 0.3) is 0 Å². The summed E-state index contributed by atoms with van der Waals surface area (Å²) in [5.41, 5.74) is 1.37. The summed E-state index contributed by atoms with van der Waals surface area (Å²) in [4.78, 5) is 22.5. The smallest absolute Gasteiger partial charge is 0.271 e. The SMILES string of the molecule is C[C@H](Nc1cccc([N+](=O)[O-])c1)C(=O)NCc1ccc2c(c1)OCO2. The van der Waals surface area contributed by atoms with Crippen molar-refractivity contribution in [2.24, 2.45) is 0 Å². The highest BCUT2D eigenvalue weighted by Gasteiger charge is 2.16. The maximum atomic E-state index is 12.2. The first-order valence-corrected chi connectivity index (χ1v) is 7.70. The number of nitro benzene ring substituents is 1. The van der Waals surface area contributed by atoms with E-state index in [-0.39, 0.29) is 18.4 Å². The Morgan fingerprint density at radius 1 is 1.24 bits per heavy atom. The summed E-state index contributed by atoms with van der Waals surface area (Å²) in [5.74, 6) is 1.13. The van der Waals surface area contributed by atoms with Crippen molar-refractivity contribution in [2.45, 2.75) is 19.5 Å². The number of ether oxygens (including phenoxy) is 2. The lowest BCUT2D eigenvalue weighted by Gasteiger charge is -2.15. The van der Waals surface area contributed by atoms with Gasteiger partial charge in [0.25, 0.3) is 5.69 Å². The lowest BCUT2D eigenvalue weighted by Crippen LogP contribution is -2.37. The second-order valence-corrected chi connectivity index (χ2v) is 5.58. The third kappa shape index (κ3) is 3.97. The minimum Gasteiger partial charge on any atom is -0.454 e. The Balaban J connectivity index is 1.56. The lowest BCUT2D eigenvalue weighted by atomic mass is 10.2. The second kappa shape index (κ2) is 7.08. The van der Waals surface area contributed by atoms with Gasteiger partial charge >= 0.3 is 0 Å². The summed E-state index contributed by atoms with van der Waals surface area (Å²) in [6.45, 7) is 2.24. The molecular formula is C17H17N3O5. The van der Waals surface area contributed by atoms with Gasteiger partial charge in [0, 0.05) is 24.4 Å². The molecule has 2 aromatic carbocycles. The predicted molar refractivity (Wildman–Crippen MR) is 90.6 cm³/mol. The number of fused-ring (bicyclic) bond motifs is 1. The predicted octanol–water partition coefficient (Wildman–Crippen LogP) is 2.44. The number of non-ortho nitro benzene ring substituents is 1. The highest BCUT2D eigenvalue weighted by Crippen LogP contribution is 2.32. The zero-order chi connectivity index (χ0) is 17.8. The van der Waals surface area contributed by atoms with E-state index in [2.05, 4.69) is 10.6 Å². The van der Waals surface area contributed by atoms with E-state index in [1.165, 1.54) is 12.1 Å².